The average molecular weight is 172 g/mol. The molecule has 0 aromatic carbocycles. The van der Waals surface area contributed by atoms with Gasteiger partial charge in [0.2, 0.25) is 0 Å². The minimum absolute atomic E-state index is 0.302. The second-order valence-electron chi connectivity index (χ2n) is 3.69. The number of nitrogens with one attached hydrogen (secondary N) is 1. The van der Waals surface area contributed by atoms with Crippen molar-refractivity contribution in [2.75, 3.05) is 32.8 Å². The summed E-state index contributed by atoms with van der Waals surface area (Å²) >= 11 is 0. The smallest absolute Gasteiger partial charge is 0.0468 e. The van der Waals surface area contributed by atoms with Crippen molar-refractivity contribution in [2.45, 2.75) is 19.9 Å². The van der Waals surface area contributed by atoms with Gasteiger partial charge in [0.1, 0.15) is 0 Å². The molecule has 0 amide bonds. The Morgan fingerprint density at radius 3 is 2.58 bits per heavy atom. The van der Waals surface area contributed by atoms with Crippen LogP contribution in [0.1, 0.15) is 13.8 Å². The summed E-state index contributed by atoms with van der Waals surface area (Å²) in [4.78, 5) is 2.44. The van der Waals surface area contributed by atoms with Crippen molar-refractivity contribution in [2.24, 2.45) is 5.92 Å². The molecule has 0 spiro atoms. The Kier molecular flexibility index (Phi) is 3.98. The average Bonchev–Trinajstić information content (AvgIpc) is 1.99. The van der Waals surface area contributed by atoms with E-state index in [9.17, 15) is 0 Å². The summed E-state index contributed by atoms with van der Waals surface area (Å²) in [6.45, 7) is 8.93. The number of rotatable bonds is 5. The normalized spacial score (nSPS) is 21.0. The third-order valence-electron chi connectivity index (χ3n) is 2.54. The van der Waals surface area contributed by atoms with Crippen molar-refractivity contribution in [3.05, 3.63) is 0 Å². The zero-order chi connectivity index (χ0) is 8.97. The van der Waals surface area contributed by atoms with Crippen LogP contribution in [0.4, 0.5) is 0 Å². The van der Waals surface area contributed by atoms with E-state index < -0.39 is 0 Å². The topological polar surface area (TPSA) is 35.5 Å². The van der Waals surface area contributed by atoms with Crippen LogP contribution in [0.5, 0.6) is 0 Å². The van der Waals surface area contributed by atoms with E-state index in [1.165, 1.54) is 0 Å². The van der Waals surface area contributed by atoms with Gasteiger partial charge in [0.05, 0.1) is 0 Å². The molecule has 0 saturated carbocycles. The fraction of sp³-hybridized carbons (Fsp3) is 1.00. The van der Waals surface area contributed by atoms with Crippen LogP contribution in [0.3, 0.4) is 0 Å². The molecule has 0 aliphatic carbocycles. The molecule has 1 aliphatic heterocycles. The summed E-state index contributed by atoms with van der Waals surface area (Å²) in [7, 11) is 0. The van der Waals surface area contributed by atoms with Gasteiger partial charge in [-0.05, 0) is 12.5 Å². The minimum Gasteiger partial charge on any atom is -0.396 e. The van der Waals surface area contributed by atoms with Crippen molar-refractivity contribution < 1.29 is 5.11 Å². The van der Waals surface area contributed by atoms with Crippen LogP contribution in [0.25, 0.3) is 0 Å². The number of hydrogen-bond donors (Lipinski definition) is 2. The van der Waals surface area contributed by atoms with Crippen molar-refractivity contribution in [1.82, 2.24) is 10.2 Å². The molecule has 1 unspecified atom stereocenters. The summed E-state index contributed by atoms with van der Waals surface area (Å²) in [5, 5.41) is 12.2. The highest BCUT2D eigenvalue weighted by molar-refractivity contribution is 4.84. The minimum atomic E-state index is 0.302. The van der Waals surface area contributed by atoms with Crippen LogP contribution >= 0.6 is 0 Å². The summed E-state index contributed by atoms with van der Waals surface area (Å²) in [6, 6.07) is 0.712. The van der Waals surface area contributed by atoms with Gasteiger partial charge in [0.25, 0.3) is 0 Å². The maximum atomic E-state index is 8.91. The van der Waals surface area contributed by atoms with E-state index in [-0.39, 0.29) is 0 Å². The molecular formula is C9H20N2O. The van der Waals surface area contributed by atoms with Crippen LogP contribution in [0.2, 0.25) is 0 Å². The van der Waals surface area contributed by atoms with Crippen molar-refractivity contribution in [1.29, 1.82) is 0 Å². The molecule has 1 heterocycles. The van der Waals surface area contributed by atoms with Gasteiger partial charge in [-0.15, -0.1) is 0 Å². The van der Waals surface area contributed by atoms with E-state index in [0.29, 0.717) is 18.6 Å². The van der Waals surface area contributed by atoms with Gasteiger partial charge in [-0.1, -0.05) is 13.8 Å². The second kappa shape index (κ2) is 4.80. The first-order valence-electron chi connectivity index (χ1n) is 4.83. The second-order valence-corrected chi connectivity index (χ2v) is 3.69. The van der Waals surface area contributed by atoms with Gasteiger partial charge >= 0.3 is 0 Å². The van der Waals surface area contributed by atoms with Gasteiger partial charge < -0.3 is 10.4 Å². The predicted molar refractivity (Wildman–Crippen MR) is 50.2 cm³/mol. The molecule has 0 bridgehead atoms. The van der Waals surface area contributed by atoms with Crippen LogP contribution in [-0.2, 0) is 0 Å². The Labute approximate surface area is 74.8 Å². The zero-order valence-electron chi connectivity index (χ0n) is 8.08. The molecule has 0 aromatic rings. The molecule has 1 atom stereocenters. The number of aliphatic hydroxyl groups is 1. The first-order chi connectivity index (χ1) is 5.77. The van der Waals surface area contributed by atoms with E-state index in [4.69, 9.17) is 5.11 Å². The number of hydrogen-bond acceptors (Lipinski definition) is 3. The fourth-order valence-corrected chi connectivity index (χ4v) is 1.53. The molecule has 1 rings (SSSR count). The molecule has 72 valence electrons. The Morgan fingerprint density at radius 1 is 1.58 bits per heavy atom. The highest BCUT2D eigenvalue weighted by atomic mass is 16.3. The molecule has 1 aliphatic rings. The van der Waals surface area contributed by atoms with E-state index in [1.807, 2.05) is 0 Å². The van der Waals surface area contributed by atoms with Gasteiger partial charge in [0, 0.05) is 32.3 Å². The fourth-order valence-electron chi connectivity index (χ4n) is 1.53. The summed E-state index contributed by atoms with van der Waals surface area (Å²) in [5.41, 5.74) is 0. The van der Waals surface area contributed by atoms with Crippen LogP contribution in [0, 0.1) is 5.92 Å². The molecule has 1 fully saturated rings. The Bertz CT molecular complexity index is 126. The lowest BCUT2D eigenvalue weighted by molar-refractivity contribution is 0.112. The molecule has 3 heteroatoms. The van der Waals surface area contributed by atoms with E-state index in [1.54, 1.807) is 0 Å². The third kappa shape index (κ3) is 2.44. The van der Waals surface area contributed by atoms with Gasteiger partial charge in [-0.2, -0.15) is 0 Å². The maximum Gasteiger partial charge on any atom is 0.0468 e. The Hall–Kier alpha value is -0.120. The quantitative estimate of drug-likeness (QED) is 0.608. The maximum absolute atomic E-state index is 8.91. The third-order valence-corrected chi connectivity index (χ3v) is 2.54. The molecular weight excluding hydrogens is 152 g/mol. The summed E-state index contributed by atoms with van der Waals surface area (Å²) in [6.07, 6.45) is 0. The summed E-state index contributed by atoms with van der Waals surface area (Å²) < 4.78 is 0. The monoisotopic (exact) mass is 172 g/mol. The van der Waals surface area contributed by atoms with Crippen LogP contribution in [0.15, 0.2) is 0 Å². The number of likely N-dealkylation sites (N-methyl/N-ethyl adjacent to an activating group) is 1. The van der Waals surface area contributed by atoms with Crippen molar-refractivity contribution >= 4 is 0 Å². The molecule has 0 radical (unpaired) electrons. The van der Waals surface area contributed by atoms with Crippen molar-refractivity contribution in [3.8, 4) is 0 Å². The van der Waals surface area contributed by atoms with E-state index in [0.717, 1.165) is 26.2 Å². The highest BCUT2D eigenvalue weighted by Crippen LogP contribution is 2.07. The highest BCUT2D eigenvalue weighted by Gasteiger charge is 2.23. The predicted octanol–water partition coefficient (Wildman–Crippen LogP) is -0.0915. The molecule has 12 heavy (non-hydrogen) atoms. The van der Waals surface area contributed by atoms with E-state index in [2.05, 4.69) is 24.1 Å². The van der Waals surface area contributed by atoms with E-state index >= 15 is 0 Å². The SMILES string of the molecule is CCN(CC(C)CO)C1CNC1. The molecule has 0 aromatic heterocycles. The molecule has 3 nitrogen and oxygen atoms in total. The van der Waals surface area contributed by atoms with Crippen molar-refractivity contribution in [3.63, 3.8) is 0 Å². The first kappa shape index (κ1) is 9.96. The zero-order valence-corrected chi connectivity index (χ0v) is 8.08. The largest absolute Gasteiger partial charge is 0.396 e. The Morgan fingerprint density at radius 2 is 2.25 bits per heavy atom. The van der Waals surface area contributed by atoms with Gasteiger partial charge in [0.15, 0.2) is 0 Å². The summed E-state index contributed by atoms with van der Waals surface area (Å²) in [5.74, 6) is 0.408. The lowest BCUT2D eigenvalue weighted by Gasteiger charge is -2.38. The standard InChI is InChI=1S/C9H20N2O/c1-3-11(6-8(2)7-12)9-4-10-5-9/h8-10,12H,3-7H2,1-2H3. The van der Waals surface area contributed by atoms with Gasteiger partial charge in [-0.3, -0.25) is 4.90 Å². The molecule has 1 saturated heterocycles. The lowest BCUT2D eigenvalue weighted by atomic mass is 10.1. The first-order valence-corrected chi connectivity index (χ1v) is 4.83. The molecule has 2 N–H and O–H groups in total. The number of nitrogens with zero attached hydrogens (tertiary/aromatic N) is 1. The van der Waals surface area contributed by atoms with Crippen LogP contribution < -0.4 is 5.32 Å². The Balaban J connectivity index is 2.24. The number of aliphatic hydroxyl groups excluding tert-OH is 1. The van der Waals surface area contributed by atoms with Crippen LogP contribution in [-0.4, -0.2) is 48.8 Å². The lowest BCUT2D eigenvalue weighted by Crippen LogP contribution is -2.58. The van der Waals surface area contributed by atoms with Gasteiger partial charge in [-0.25, -0.2) is 0 Å².